The van der Waals surface area contributed by atoms with E-state index in [0.717, 1.165) is 34.7 Å². The van der Waals surface area contributed by atoms with E-state index >= 15 is 0 Å². The van der Waals surface area contributed by atoms with E-state index in [1.807, 2.05) is 62.6 Å². The zero-order valence-corrected chi connectivity index (χ0v) is 18.3. The van der Waals surface area contributed by atoms with Gasteiger partial charge in [0.25, 0.3) is 0 Å². The third-order valence-corrected chi connectivity index (χ3v) is 4.79. The molecule has 0 saturated heterocycles. The average molecular weight is 432 g/mol. The van der Waals surface area contributed by atoms with Gasteiger partial charge in [-0.15, -0.1) is 5.11 Å². The number of methoxy groups -OCH3 is 1. The number of nitrogens with zero attached hydrogens (tertiary/aromatic N) is 7. The molecule has 9 heteroatoms. The molecular formula is C23H25N7O2. The Kier molecular flexibility index (Phi) is 6.66. The fourth-order valence-corrected chi connectivity index (χ4v) is 3.06. The number of azo groups is 1. The molecule has 0 aliphatic rings. The van der Waals surface area contributed by atoms with Gasteiger partial charge >= 0.3 is 0 Å². The predicted octanol–water partition coefficient (Wildman–Crippen LogP) is 4.05. The van der Waals surface area contributed by atoms with Crippen LogP contribution < -0.4 is 9.47 Å². The first-order valence-corrected chi connectivity index (χ1v) is 10.2. The van der Waals surface area contributed by atoms with Gasteiger partial charge in [0.15, 0.2) is 11.5 Å². The Balaban J connectivity index is 1.46. The molecule has 0 fully saturated rings. The highest BCUT2D eigenvalue weighted by molar-refractivity contribution is 5.85. The molecule has 2 heterocycles. The fourth-order valence-electron chi connectivity index (χ4n) is 3.06. The third kappa shape index (κ3) is 5.06. The van der Waals surface area contributed by atoms with Gasteiger partial charge in [-0.2, -0.15) is 10.2 Å². The summed E-state index contributed by atoms with van der Waals surface area (Å²) in [5, 5.41) is 13.8. The molecule has 0 aliphatic heterocycles. The zero-order valence-electron chi connectivity index (χ0n) is 18.3. The number of rotatable bonds is 9. The minimum Gasteiger partial charge on any atom is -0.497 e. The highest BCUT2D eigenvalue weighted by atomic mass is 16.5. The van der Waals surface area contributed by atoms with Crippen LogP contribution in [-0.2, 0) is 6.54 Å². The summed E-state index contributed by atoms with van der Waals surface area (Å²) in [6, 6.07) is 15.5. The van der Waals surface area contributed by atoms with E-state index in [2.05, 4.69) is 30.2 Å². The van der Waals surface area contributed by atoms with Crippen LogP contribution in [0.2, 0.25) is 0 Å². The van der Waals surface area contributed by atoms with E-state index in [9.17, 15) is 0 Å². The molecule has 0 N–H and O–H groups in total. The molecule has 0 spiro atoms. The van der Waals surface area contributed by atoms with Gasteiger partial charge in [-0.3, -0.25) is 0 Å². The van der Waals surface area contributed by atoms with Crippen molar-refractivity contribution >= 4 is 16.9 Å². The lowest BCUT2D eigenvalue weighted by molar-refractivity contribution is 0.261. The average Bonchev–Trinajstić information content (AvgIpc) is 3.25. The molecule has 0 unspecified atom stereocenters. The second kappa shape index (κ2) is 9.97. The Bertz CT molecular complexity index is 1200. The minimum absolute atomic E-state index is 0.438. The predicted molar refractivity (Wildman–Crippen MR) is 122 cm³/mol. The van der Waals surface area contributed by atoms with Gasteiger partial charge < -0.3 is 14.4 Å². The lowest BCUT2D eigenvalue weighted by atomic mass is 10.2. The van der Waals surface area contributed by atoms with Crippen molar-refractivity contribution in [2.75, 3.05) is 34.4 Å². The molecule has 0 radical (unpaired) electrons. The van der Waals surface area contributed by atoms with Crippen molar-refractivity contribution in [1.82, 2.24) is 24.6 Å². The van der Waals surface area contributed by atoms with E-state index in [1.54, 1.807) is 18.0 Å². The summed E-state index contributed by atoms with van der Waals surface area (Å²) in [5.41, 5.74) is 2.53. The maximum absolute atomic E-state index is 5.72. The topological polar surface area (TPSA) is 90.0 Å². The molecule has 2 aromatic heterocycles. The van der Waals surface area contributed by atoms with Crippen LogP contribution in [-0.4, -0.2) is 59.0 Å². The summed E-state index contributed by atoms with van der Waals surface area (Å²) >= 11 is 0. The van der Waals surface area contributed by atoms with Crippen LogP contribution in [0.5, 0.6) is 11.5 Å². The number of hydrogen-bond donors (Lipinski definition) is 0. The van der Waals surface area contributed by atoms with Crippen molar-refractivity contribution in [3.05, 3.63) is 66.6 Å². The molecule has 164 valence electrons. The van der Waals surface area contributed by atoms with E-state index in [0.29, 0.717) is 24.6 Å². The molecule has 0 amide bonds. The largest absolute Gasteiger partial charge is 0.497 e. The summed E-state index contributed by atoms with van der Waals surface area (Å²) < 4.78 is 12.7. The smallest absolute Gasteiger partial charge is 0.188 e. The third-order valence-electron chi connectivity index (χ3n) is 4.79. The standard InChI is InChI=1S/C23H25N7O2/c1-29(2)11-12-32-19-9-7-17(8-10-19)14-26-28-22-21-15-27-30(23(21)25-16-24-22)18-5-4-6-20(13-18)31-3/h4-10,13,15-16H,11-12,14H2,1-3H3. The first-order chi connectivity index (χ1) is 15.6. The molecule has 0 aliphatic carbocycles. The Labute approximate surface area is 186 Å². The highest BCUT2D eigenvalue weighted by Gasteiger charge is 2.11. The summed E-state index contributed by atoms with van der Waals surface area (Å²) in [4.78, 5) is 10.7. The molecule has 4 rings (SSSR count). The van der Waals surface area contributed by atoms with Crippen molar-refractivity contribution in [3.8, 4) is 17.2 Å². The van der Waals surface area contributed by atoms with Crippen LogP contribution in [0, 0.1) is 0 Å². The van der Waals surface area contributed by atoms with Crippen LogP contribution in [0.1, 0.15) is 5.56 Å². The Morgan fingerprint density at radius 1 is 1.03 bits per heavy atom. The summed E-state index contributed by atoms with van der Waals surface area (Å²) in [6.45, 7) is 1.96. The SMILES string of the molecule is COc1cccc(-n2ncc3c(N=NCc4ccc(OCCN(C)C)cc4)ncnc32)c1. The zero-order chi connectivity index (χ0) is 22.3. The van der Waals surface area contributed by atoms with Crippen molar-refractivity contribution in [2.45, 2.75) is 6.54 Å². The van der Waals surface area contributed by atoms with Gasteiger partial charge in [0, 0.05) is 12.6 Å². The Morgan fingerprint density at radius 3 is 2.66 bits per heavy atom. The number of aromatic nitrogens is 4. The quantitative estimate of drug-likeness (QED) is 0.372. The molecule has 32 heavy (non-hydrogen) atoms. The molecule has 0 bridgehead atoms. The van der Waals surface area contributed by atoms with Crippen LogP contribution in [0.4, 0.5) is 5.82 Å². The van der Waals surface area contributed by atoms with E-state index in [1.165, 1.54) is 6.33 Å². The summed E-state index contributed by atoms with van der Waals surface area (Å²) in [6.07, 6.45) is 3.16. The summed E-state index contributed by atoms with van der Waals surface area (Å²) in [7, 11) is 5.67. The van der Waals surface area contributed by atoms with Crippen LogP contribution in [0.25, 0.3) is 16.7 Å². The van der Waals surface area contributed by atoms with Crippen LogP contribution in [0.3, 0.4) is 0 Å². The molecule has 0 atom stereocenters. The maximum atomic E-state index is 5.72. The van der Waals surface area contributed by atoms with Crippen molar-refractivity contribution in [1.29, 1.82) is 0 Å². The van der Waals surface area contributed by atoms with Crippen LogP contribution in [0.15, 0.2) is 71.3 Å². The van der Waals surface area contributed by atoms with Gasteiger partial charge in [-0.05, 0) is 43.9 Å². The van der Waals surface area contributed by atoms with Gasteiger partial charge in [0.1, 0.15) is 24.4 Å². The first-order valence-electron chi connectivity index (χ1n) is 10.2. The number of hydrogen-bond acceptors (Lipinski definition) is 8. The van der Waals surface area contributed by atoms with Crippen molar-refractivity contribution in [3.63, 3.8) is 0 Å². The molecule has 2 aromatic carbocycles. The van der Waals surface area contributed by atoms with Crippen LogP contribution >= 0.6 is 0 Å². The number of fused-ring (bicyclic) bond motifs is 1. The van der Waals surface area contributed by atoms with Crippen molar-refractivity contribution < 1.29 is 9.47 Å². The highest BCUT2D eigenvalue weighted by Crippen LogP contribution is 2.25. The van der Waals surface area contributed by atoms with Crippen molar-refractivity contribution in [2.24, 2.45) is 10.2 Å². The van der Waals surface area contributed by atoms with Gasteiger partial charge in [-0.1, -0.05) is 18.2 Å². The van der Waals surface area contributed by atoms with Gasteiger partial charge in [0.05, 0.1) is 30.9 Å². The van der Waals surface area contributed by atoms with E-state index in [-0.39, 0.29) is 0 Å². The normalized spacial score (nSPS) is 11.5. The lowest BCUT2D eigenvalue weighted by Crippen LogP contribution is -2.19. The van der Waals surface area contributed by atoms with E-state index in [4.69, 9.17) is 9.47 Å². The number of likely N-dealkylation sites (N-methyl/N-ethyl adjacent to an activating group) is 1. The van der Waals surface area contributed by atoms with Gasteiger partial charge in [0.2, 0.25) is 0 Å². The maximum Gasteiger partial charge on any atom is 0.188 e. The number of ether oxygens (including phenoxy) is 2. The first kappa shape index (κ1) is 21.4. The lowest BCUT2D eigenvalue weighted by Gasteiger charge is -2.11. The van der Waals surface area contributed by atoms with E-state index < -0.39 is 0 Å². The minimum atomic E-state index is 0.438. The fraction of sp³-hybridized carbons (Fsp3) is 0.261. The molecule has 0 saturated carbocycles. The second-order valence-electron chi connectivity index (χ2n) is 7.39. The Morgan fingerprint density at radius 2 is 1.88 bits per heavy atom. The monoisotopic (exact) mass is 431 g/mol. The summed E-state index contributed by atoms with van der Waals surface area (Å²) in [5.74, 6) is 2.07. The molecule has 9 nitrogen and oxygen atoms in total. The van der Waals surface area contributed by atoms with Gasteiger partial charge in [-0.25, -0.2) is 14.6 Å². The molecule has 4 aromatic rings. The Hall–Kier alpha value is -3.85. The molecular weight excluding hydrogens is 406 g/mol. The second-order valence-corrected chi connectivity index (χ2v) is 7.39. The number of benzene rings is 2.